The molecule has 90 valence electrons. The third-order valence-corrected chi connectivity index (χ3v) is 2.49. The van der Waals surface area contributed by atoms with Crippen molar-refractivity contribution in [3.05, 3.63) is 28.8 Å². The number of esters is 1. The van der Waals surface area contributed by atoms with Crippen LogP contribution in [0, 0.1) is 11.3 Å². The summed E-state index contributed by atoms with van der Waals surface area (Å²) in [5.41, 5.74) is 1.39. The van der Waals surface area contributed by atoms with Crippen LogP contribution in [0.1, 0.15) is 30.5 Å². The quantitative estimate of drug-likeness (QED) is 0.807. The Bertz CT molecular complexity index is 460. The summed E-state index contributed by atoms with van der Waals surface area (Å²) in [5, 5.41) is 18.9. The highest BCUT2D eigenvalue weighted by molar-refractivity contribution is 5.75. The Morgan fingerprint density at radius 1 is 1.47 bits per heavy atom. The van der Waals surface area contributed by atoms with E-state index in [9.17, 15) is 9.90 Å². The van der Waals surface area contributed by atoms with E-state index in [1.165, 1.54) is 0 Å². The van der Waals surface area contributed by atoms with Gasteiger partial charge in [-0.3, -0.25) is 4.79 Å². The van der Waals surface area contributed by atoms with Gasteiger partial charge in [0.2, 0.25) is 0 Å². The molecule has 0 spiro atoms. The predicted octanol–water partition coefficient (Wildman–Crippen LogP) is 1.93. The lowest BCUT2D eigenvalue weighted by molar-refractivity contribution is -0.142. The SMILES string of the molecule is CCOC(=O)Cc1c(C#N)ccc(CC)c1O. The van der Waals surface area contributed by atoms with E-state index >= 15 is 0 Å². The molecule has 4 nitrogen and oxygen atoms in total. The smallest absolute Gasteiger partial charge is 0.310 e. The summed E-state index contributed by atoms with van der Waals surface area (Å²) in [6.07, 6.45) is 0.573. The molecule has 1 aromatic rings. The van der Waals surface area contributed by atoms with Crippen LogP contribution in [0.25, 0.3) is 0 Å². The summed E-state index contributed by atoms with van der Waals surface area (Å²) >= 11 is 0. The van der Waals surface area contributed by atoms with Crippen LogP contribution in [0.2, 0.25) is 0 Å². The van der Waals surface area contributed by atoms with Gasteiger partial charge >= 0.3 is 5.97 Å². The Morgan fingerprint density at radius 3 is 2.71 bits per heavy atom. The van der Waals surface area contributed by atoms with E-state index < -0.39 is 5.97 Å². The largest absolute Gasteiger partial charge is 0.507 e. The normalized spacial score (nSPS) is 9.71. The van der Waals surface area contributed by atoms with Gasteiger partial charge in [0.15, 0.2) is 0 Å². The fourth-order valence-corrected chi connectivity index (χ4v) is 1.61. The molecule has 1 N–H and O–H groups in total. The van der Waals surface area contributed by atoms with Gasteiger partial charge in [-0.05, 0) is 25.0 Å². The van der Waals surface area contributed by atoms with E-state index in [0.717, 1.165) is 5.56 Å². The Morgan fingerprint density at radius 2 is 2.18 bits per heavy atom. The van der Waals surface area contributed by atoms with Crippen LogP contribution in [0.4, 0.5) is 0 Å². The van der Waals surface area contributed by atoms with E-state index in [1.54, 1.807) is 19.1 Å². The number of nitriles is 1. The molecule has 4 heteroatoms. The number of nitrogens with zero attached hydrogens (tertiary/aromatic N) is 1. The van der Waals surface area contributed by atoms with Crippen LogP contribution in [0.3, 0.4) is 0 Å². The molecule has 0 fully saturated rings. The molecule has 0 saturated heterocycles. The second-order valence-corrected chi connectivity index (χ2v) is 3.55. The van der Waals surface area contributed by atoms with Crippen LogP contribution in [0.15, 0.2) is 12.1 Å². The van der Waals surface area contributed by atoms with Crippen molar-refractivity contribution in [2.45, 2.75) is 26.7 Å². The minimum atomic E-state index is -0.437. The standard InChI is InChI=1S/C13H15NO3/c1-3-9-5-6-10(8-14)11(13(9)16)7-12(15)17-4-2/h5-6,16H,3-4,7H2,1-2H3. The maximum absolute atomic E-state index is 11.4. The van der Waals surface area contributed by atoms with Crippen LogP contribution in [0.5, 0.6) is 5.75 Å². The number of aryl methyl sites for hydroxylation is 1. The van der Waals surface area contributed by atoms with Crippen molar-refractivity contribution in [1.29, 1.82) is 5.26 Å². The number of carbonyl (C=O) groups excluding carboxylic acids is 1. The molecule has 1 aromatic carbocycles. The molecule has 0 aliphatic heterocycles. The molecule has 0 radical (unpaired) electrons. The van der Waals surface area contributed by atoms with Gasteiger partial charge < -0.3 is 9.84 Å². The van der Waals surface area contributed by atoms with E-state index in [1.807, 2.05) is 13.0 Å². The summed E-state index contributed by atoms with van der Waals surface area (Å²) in [6.45, 7) is 3.90. The molecule has 0 aliphatic carbocycles. The molecule has 0 aromatic heterocycles. The van der Waals surface area contributed by atoms with Gasteiger partial charge in [-0.2, -0.15) is 5.26 Å². The number of phenols is 1. The number of aromatic hydroxyl groups is 1. The van der Waals surface area contributed by atoms with Crippen LogP contribution in [-0.2, 0) is 22.4 Å². The summed E-state index contributed by atoms with van der Waals surface area (Å²) in [6, 6.07) is 5.28. The van der Waals surface area contributed by atoms with E-state index in [-0.39, 0.29) is 18.8 Å². The van der Waals surface area contributed by atoms with Crippen molar-refractivity contribution in [2.24, 2.45) is 0 Å². The molecular weight excluding hydrogens is 218 g/mol. The zero-order valence-corrected chi connectivity index (χ0v) is 9.99. The molecule has 0 heterocycles. The minimum Gasteiger partial charge on any atom is -0.507 e. The second-order valence-electron chi connectivity index (χ2n) is 3.55. The molecule has 0 unspecified atom stereocenters. The first-order valence-electron chi connectivity index (χ1n) is 5.53. The maximum atomic E-state index is 11.4. The number of hydrogen-bond donors (Lipinski definition) is 1. The van der Waals surface area contributed by atoms with Gasteiger partial charge in [0.25, 0.3) is 0 Å². The molecule has 0 amide bonds. The lowest BCUT2D eigenvalue weighted by Gasteiger charge is -2.10. The number of rotatable bonds is 4. The monoisotopic (exact) mass is 233 g/mol. The highest BCUT2D eigenvalue weighted by atomic mass is 16.5. The van der Waals surface area contributed by atoms with Gasteiger partial charge in [-0.25, -0.2) is 0 Å². The van der Waals surface area contributed by atoms with E-state index in [0.29, 0.717) is 17.5 Å². The molecule has 0 saturated carbocycles. The number of phenolic OH excluding ortho intramolecular Hbond substituents is 1. The summed E-state index contributed by atoms with van der Waals surface area (Å²) in [7, 11) is 0. The van der Waals surface area contributed by atoms with Gasteiger partial charge in [0, 0.05) is 5.56 Å². The van der Waals surface area contributed by atoms with Gasteiger partial charge in [-0.15, -0.1) is 0 Å². The highest BCUT2D eigenvalue weighted by Crippen LogP contribution is 2.27. The topological polar surface area (TPSA) is 70.3 Å². The zero-order chi connectivity index (χ0) is 12.8. The van der Waals surface area contributed by atoms with Crippen LogP contribution >= 0.6 is 0 Å². The molecule has 17 heavy (non-hydrogen) atoms. The van der Waals surface area contributed by atoms with Gasteiger partial charge in [-0.1, -0.05) is 13.0 Å². The zero-order valence-electron chi connectivity index (χ0n) is 9.99. The Labute approximate surface area is 100 Å². The molecule has 0 bridgehead atoms. The van der Waals surface area contributed by atoms with Crippen molar-refractivity contribution in [3.8, 4) is 11.8 Å². The fourth-order valence-electron chi connectivity index (χ4n) is 1.61. The third-order valence-electron chi connectivity index (χ3n) is 2.49. The van der Waals surface area contributed by atoms with Crippen molar-refractivity contribution in [2.75, 3.05) is 6.61 Å². The predicted molar refractivity (Wildman–Crippen MR) is 62.5 cm³/mol. The molecule has 0 atom stereocenters. The van der Waals surface area contributed by atoms with E-state index in [4.69, 9.17) is 10.00 Å². The Kier molecular flexibility index (Phi) is 4.53. The molecule has 1 rings (SSSR count). The lowest BCUT2D eigenvalue weighted by atomic mass is 9.99. The fraction of sp³-hybridized carbons (Fsp3) is 0.385. The third kappa shape index (κ3) is 2.97. The average Bonchev–Trinajstić information content (AvgIpc) is 2.32. The minimum absolute atomic E-state index is 0.0274. The maximum Gasteiger partial charge on any atom is 0.310 e. The van der Waals surface area contributed by atoms with Gasteiger partial charge in [0.05, 0.1) is 24.7 Å². The second kappa shape index (κ2) is 5.90. The highest BCUT2D eigenvalue weighted by Gasteiger charge is 2.15. The Balaban J connectivity index is 3.11. The van der Waals surface area contributed by atoms with Crippen molar-refractivity contribution < 1.29 is 14.6 Å². The summed E-state index contributed by atoms with van der Waals surface area (Å²) in [4.78, 5) is 11.4. The first kappa shape index (κ1) is 13.0. The average molecular weight is 233 g/mol. The number of hydrogen-bond acceptors (Lipinski definition) is 4. The summed E-state index contributed by atoms with van der Waals surface area (Å²) in [5.74, 6) is -0.410. The number of carbonyl (C=O) groups is 1. The van der Waals surface area contributed by atoms with Crippen LogP contribution < -0.4 is 0 Å². The Hall–Kier alpha value is -2.02. The van der Waals surface area contributed by atoms with Crippen molar-refractivity contribution in [1.82, 2.24) is 0 Å². The number of ether oxygens (including phenoxy) is 1. The van der Waals surface area contributed by atoms with Gasteiger partial charge in [0.1, 0.15) is 5.75 Å². The first-order chi connectivity index (χ1) is 8.13. The molecule has 0 aliphatic rings. The van der Waals surface area contributed by atoms with E-state index in [2.05, 4.69) is 0 Å². The van der Waals surface area contributed by atoms with Crippen molar-refractivity contribution >= 4 is 5.97 Å². The first-order valence-corrected chi connectivity index (χ1v) is 5.53. The van der Waals surface area contributed by atoms with Crippen LogP contribution in [-0.4, -0.2) is 17.7 Å². The summed E-state index contributed by atoms with van der Waals surface area (Å²) < 4.78 is 4.81. The lowest BCUT2D eigenvalue weighted by Crippen LogP contribution is -2.09. The van der Waals surface area contributed by atoms with Crippen molar-refractivity contribution in [3.63, 3.8) is 0 Å². The number of benzene rings is 1. The molecular formula is C13H15NO3.